The van der Waals surface area contributed by atoms with Crippen LogP contribution >= 0.6 is 0 Å². The van der Waals surface area contributed by atoms with Crippen molar-refractivity contribution in [3.05, 3.63) is 22.5 Å². The van der Waals surface area contributed by atoms with E-state index in [0.29, 0.717) is 59.7 Å². The number of allylic oxidation sites excluding steroid dienone is 4. The van der Waals surface area contributed by atoms with Gasteiger partial charge in [0, 0.05) is 35.6 Å². The molecule has 2 heteroatoms. The highest BCUT2D eigenvalue weighted by molar-refractivity contribution is 5.21. The number of hydrogen-bond donors (Lipinski definition) is 0. The van der Waals surface area contributed by atoms with Gasteiger partial charge in [0.05, 0.1) is 0 Å². The predicted molar refractivity (Wildman–Crippen MR) is 174 cm³/mol. The Morgan fingerprint density at radius 2 is 0.459 bits per heavy atom. The molecule has 224 valence electrons. The molecule has 2 nitrogen and oxygen atoms in total. The molecule has 0 radical (unpaired) electrons. The molecule has 37 heavy (non-hydrogen) atoms. The molecule has 0 aromatic rings. The summed E-state index contributed by atoms with van der Waals surface area (Å²) in [4.78, 5) is 5.22. The molecule has 0 aromatic heterocycles. The quantitative estimate of drug-likeness (QED) is 0.251. The summed E-state index contributed by atoms with van der Waals surface area (Å²) in [6.45, 7) is 46.4. The van der Waals surface area contributed by atoms with Gasteiger partial charge in [-0.15, -0.1) is 0 Å². The molecule has 0 bridgehead atoms. The van der Waals surface area contributed by atoms with Gasteiger partial charge in [-0.3, -0.25) is 0 Å². The van der Waals surface area contributed by atoms with E-state index >= 15 is 0 Å². The molecule has 0 aliphatic carbocycles. The Morgan fingerprint density at radius 3 is 0.541 bits per heavy atom. The topological polar surface area (TPSA) is 6.48 Å². The first-order valence-corrected chi connectivity index (χ1v) is 15.3. The third kappa shape index (κ3) is 12.7. The van der Waals surface area contributed by atoms with Crippen molar-refractivity contribution in [2.24, 2.45) is 35.5 Å². The minimum Gasteiger partial charge on any atom is -0.370 e. The lowest BCUT2D eigenvalue weighted by Gasteiger charge is -2.40. The summed E-state index contributed by atoms with van der Waals surface area (Å²) >= 11 is 0. The van der Waals surface area contributed by atoms with Gasteiger partial charge in [0.1, 0.15) is 0 Å². The van der Waals surface area contributed by atoms with E-state index in [-0.39, 0.29) is 7.43 Å². The largest absolute Gasteiger partial charge is 0.370 e. The lowest BCUT2D eigenvalue weighted by atomic mass is 9.86. The summed E-state index contributed by atoms with van der Waals surface area (Å²) < 4.78 is 0. The Kier molecular flexibility index (Phi) is 20.2. The van der Waals surface area contributed by atoms with Crippen LogP contribution < -0.4 is 0 Å². The summed E-state index contributed by atoms with van der Waals surface area (Å²) in [7, 11) is 0. The second kappa shape index (κ2) is 18.4. The molecule has 0 fully saturated rings. The van der Waals surface area contributed by atoms with Gasteiger partial charge in [-0.2, -0.15) is 0 Å². The van der Waals surface area contributed by atoms with E-state index in [4.69, 9.17) is 0 Å². The third-order valence-electron chi connectivity index (χ3n) is 6.96. The van der Waals surface area contributed by atoms with Crippen LogP contribution in [0.2, 0.25) is 0 Å². The summed E-state index contributed by atoms with van der Waals surface area (Å²) in [5.74, 6) is 3.69. The highest BCUT2D eigenvalue weighted by atomic mass is 15.2. The van der Waals surface area contributed by atoms with Gasteiger partial charge >= 0.3 is 0 Å². The van der Waals surface area contributed by atoms with Gasteiger partial charge in [0.15, 0.2) is 0 Å². The maximum absolute atomic E-state index is 2.61. The van der Waals surface area contributed by atoms with Crippen molar-refractivity contribution in [1.82, 2.24) is 9.80 Å². The smallest absolute Gasteiger partial charge is 0.0233 e. The molecule has 0 spiro atoms. The van der Waals surface area contributed by atoms with Gasteiger partial charge in [-0.25, -0.2) is 0 Å². The summed E-state index contributed by atoms with van der Waals surface area (Å²) in [6, 6.07) is 2.26. The van der Waals surface area contributed by atoms with Crippen LogP contribution in [-0.4, -0.2) is 34.0 Å². The molecule has 0 unspecified atom stereocenters. The summed E-state index contributed by atoms with van der Waals surface area (Å²) in [5.41, 5.74) is 6.41. The van der Waals surface area contributed by atoms with Crippen molar-refractivity contribution in [1.29, 1.82) is 0 Å². The fourth-order valence-corrected chi connectivity index (χ4v) is 6.38. The van der Waals surface area contributed by atoms with Gasteiger partial charge in [0.25, 0.3) is 0 Å². The van der Waals surface area contributed by atoms with Crippen LogP contribution in [0.15, 0.2) is 22.5 Å². The highest BCUT2D eigenvalue weighted by Crippen LogP contribution is 2.33. The molecule has 0 saturated heterocycles. The number of nitrogens with zero attached hydrogens (tertiary/aromatic N) is 2. The van der Waals surface area contributed by atoms with Crippen LogP contribution in [0, 0.1) is 35.5 Å². The van der Waals surface area contributed by atoms with Crippen LogP contribution in [-0.2, 0) is 0 Å². The molecular formula is C35H74N2. The molecule has 0 aromatic carbocycles. The molecule has 0 rings (SSSR count). The zero-order chi connectivity index (χ0) is 29.2. The molecule has 0 aliphatic heterocycles. The molecule has 0 N–H and O–H groups in total. The average molecular weight is 523 g/mol. The van der Waals surface area contributed by atoms with Crippen molar-refractivity contribution < 1.29 is 0 Å². The maximum atomic E-state index is 2.61. The molecule has 0 saturated carbocycles. The predicted octanol–water partition coefficient (Wildman–Crippen LogP) is 11.3. The minimum absolute atomic E-state index is 0. The fourth-order valence-electron chi connectivity index (χ4n) is 6.38. The third-order valence-corrected chi connectivity index (χ3v) is 6.96. The first kappa shape index (κ1) is 40.6. The first-order chi connectivity index (χ1) is 16.2. The maximum Gasteiger partial charge on any atom is 0.0233 e. The standard InChI is InChI=1S/2C17H35N.CH4/c2*1-11(2)16(12(3)4)17(13(5)6)18(14(7)8)15(9)10;/h2*11-15H,1-10H3;1H4. The van der Waals surface area contributed by atoms with Gasteiger partial charge in [0.2, 0.25) is 0 Å². The van der Waals surface area contributed by atoms with Crippen molar-refractivity contribution in [3.63, 3.8) is 0 Å². The summed E-state index contributed by atoms with van der Waals surface area (Å²) in [6.07, 6.45) is 0. The Bertz CT molecular complexity index is 561. The lowest BCUT2D eigenvalue weighted by Crippen LogP contribution is -2.39. The van der Waals surface area contributed by atoms with E-state index < -0.39 is 0 Å². The van der Waals surface area contributed by atoms with Gasteiger partial charge in [-0.05, 0) is 102 Å². The van der Waals surface area contributed by atoms with Crippen LogP contribution in [0.1, 0.15) is 146 Å². The Balaban J connectivity index is -0.000000608. The van der Waals surface area contributed by atoms with Gasteiger partial charge < -0.3 is 9.80 Å². The zero-order valence-electron chi connectivity index (χ0n) is 28.7. The van der Waals surface area contributed by atoms with Crippen LogP contribution in [0.4, 0.5) is 0 Å². The molecule has 0 atom stereocenters. The van der Waals surface area contributed by atoms with Crippen molar-refractivity contribution >= 4 is 0 Å². The zero-order valence-corrected chi connectivity index (χ0v) is 28.7. The SMILES string of the molecule is C.CC(C)C(=C(C(C)C)N(C(C)C)C(C)C)C(C)C.CC(C)C(=C(C(C)C)N(C(C)C)C(C)C)C(C)C. The van der Waals surface area contributed by atoms with Crippen LogP contribution in [0.5, 0.6) is 0 Å². The fraction of sp³-hybridized carbons (Fsp3) is 0.886. The molecule has 0 aliphatic rings. The van der Waals surface area contributed by atoms with Crippen molar-refractivity contribution in [2.75, 3.05) is 0 Å². The Morgan fingerprint density at radius 1 is 0.297 bits per heavy atom. The monoisotopic (exact) mass is 523 g/mol. The van der Waals surface area contributed by atoms with E-state index in [1.807, 2.05) is 0 Å². The Hall–Kier alpha value is -0.920. The average Bonchev–Trinajstić information content (AvgIpc) is 2.64. The molecule has 0 amide bonds. The minimum atomic E-state index is 0. The second-order valence-electron chi connectivity index (χ2n) is 13.8. The summed E-state index contributed by atoms with van der Waals surface area (Å²) in [5, 5.41) is 0. The normalized spacial score (nSPS) is 11.8. The van der Waals surface area contributed by atoms with Crippen molar-refractivity contribution in [3.8, 4) is 0 Å². The second-order valence-corrected chi connectivity index (χ2v) is 13.8. The van der Waals surface area contributed by atoms with Crippen molar-refractivity contribution in [2.45, 2.75) is 170 Å². The lowest BCUT2D eigenvalue weighted by molar-refractivity contribution is 0.202. The first-order valence-electron chi connectivity index (χ1n) is 15.3. The van der Waals surface area contributed by atoms with Crippen LogP contribution in [0.3, 0.4) is 0 Å². The number of hydrogen-bond acceptors (Lipinski definition) is 2. The van der Waals surface area contributed by atoms with Crippen LogP contribution in [0.25, 0.3) is 0 Å². The molecule has 0 heterocycles. The molecular weight excluding hydrogens is 448 g/mol. The highest BCUT2D eigenvalue weighted by Gasteiger charge is 2.26. The Labute approximate surface area is 237 Å². The van der Waals surface area contributed by atoms with E-state index in [2.05, 4.69) is 148 Å². The van der Waals surface area contributed by atoms with E-state index in [0.717, 1.165) is 0 Å². The van der Waals surface area contributed by atoms with E-state index in [1.54, 1.807) is 22.5 Å². The van der Waals surface area contributed by atoms with E-state index in [1.165, 1.54) is 0 Å². The van der Waals surface area contributed by atoms with E-state index in [9.17, 15) is 0 Å². The number of rotatable bonds is 12. The van der Waals surface area contributed by atoms with Gasteiger partial charge in [-0.1, -0.05) is 90.5 Å².